The van der Waals surface area contributed by atoms with Crippen LogP contribution in [0.15, 0.2) is 24.7 Å². The number of unbranched alkanes of at least 4 members (excludes halogenated alkanes) is 2. The van der Waals surface area contributed by atoms with Crippen molar-refractivity contribution in [1.82, 2.24) is 0 Å². The van der Waals surface area contributed by atoms with E-state index in [9.17, 15) is 0 Å². The van der Waals surface area contributed by atoms with Crippen LogP contribution in [0, 0.1) is 0 Å². The van der Waals surface area contributed by atoms with Gasteiger partial charge in [0.1, 0.15) is 12.5 Å². The number of rotatable bonds is 5. The molecule has 0 atom stereocenters. The monoisotopic (exact) mass is 168 g/mol. The molecule has 2 nitrogen and oxygen atoms in total. The van der Waals surface area contributed by atoms with E-state index >= 15 is 0 Å². The third kappa shape index (κ3) is 3.46. The van der Waals surface area contributed by atoms with Crippen LogP contribution in [0.2, 0.25) is 0 Å². The maximum absolute atomic E-state index is 5.11. The molecule has 0 aromatic heterocycles. The van der Waals surface area contributed by atoms with Crippen molar-refractivity contribution in [3.05, 3.63) is 24.7 Å². The van der Waals surface area contributed by atoms with E-state index in [-0.39, 0.29) is 6.29 Å². The van der Waals surface area contributed by atoms with Gasteiger partial charge in [0.25, 0.3) is 0 Å². The molecule has 1 rings (SSSR count). The van der Waals surface area contributed by atoms with E-state index < -0.39 is 0 Å². The predicted octanol–water partition coefficient (Wildman–Crippen LogP) is 2.97. The third-order valence-corrected chi connectivity index (χ3v) is 1.74. The molecular weight excluding hydrogens is 152 g/mol. The molecule has 0 spiro atoms. The fourth-order valence-corrected chi connectivity index (χ4v) is 1.03. The molecule has 1 aliphatic rings. The molecule has 0 N–H and O–H groups in total. The average molecular weight is 168 g/mol. The maximum atomic E-state index is 5.11. The molecule has 68 valence electrons. The summed E-state index contributed by atoms with van der Waals surface area (Å²) in [6.45, 7) is 2.20. The second kappa shape index (κ2) is 5.70. The fourth-order valence-electron chi connectivity index (χ4n) is 1.03. The van der Waals surface area contributed by atoms with E-state index in [1.165, 1.54) is 12.8 Å². The Hall–Kier alpha value is -0.920. The predicted molar refractivity (Wildman–Crippen MR) is 48.4 cm³/mol. The summed E-state index contributed by atoms with van der Waals surface area (Å²) in [5.74, 6) is 0. The van der Waals surface area contributed by atoms with Crippen LogP contribution in [-0.2, 0) is 9.47 Å². The Labute approximate surface area is 73.9 Å². The highest BCUT2D eigenvalue weighted by molar-refractivity contribution is 4.85. The highest BCUT2D eigenvalue weighted by Gasteiger charge is 2.08. The second-order valence-electron chi connectivity index (χ2n) is 2.82. The number of hydrogen-bond acceptors (Lipinski definition) is 2. The molecule has 1 aliphatic heterocycles. The van der Waals surface area contributed by atoms with E-state index in [4.69, 9.17) is 9.47 Å². The Morgan fingerprint density at radius 2 is 2.00 bits per heavy atom. The first kappa shape index (κ1) is 9.17. The lowest BCUT2D eigenvalue weighted by molar-refractivity contribution is -0.0188. The smallest absolute Gasteiger partial charge is 0.243 e. The zero-order valence-electron chi connectivity index (χ0n) is 7.53. The zero-order valence-corrected chi connectivity index (χ0v) is 7.53. The topological polar surface area (TPSA) is 18.5 Å². The molecule has 2 heteroatoms. The van der Waals surface area contributed by atoms with Gasteiger partial charge in [0.05, 0.1) is 0 Å². The van der Waals surface area contributed by atoms with Crippen LogP contribution in [0.25, 0.3) is 0 Å². The first-order valence-electron chi connectivity index (χ1n) is 4.54. The van der Waals surface area contributed by atoms with Gasteiger partial charge >= 0.3 is 0 Å². The van der Waals surface area contributed by atoms with Crippen LogP contribution in [-0.4, -0.2) is 6.29 Å². The number of allylic oxidation sites excluding steroid dienone is 1. The lowest BCUT2D eigenvalue weighted by Gasteiger charge is -2.05. The standard InChI is InChI=1S/C10H16O2/c1-2-3-4-5-6-7-10-11-8-9-12-10/h5-6,8-10H,2-4,7H2,1H3. The van der Waals surface area contributed by atoms with Crippen molar-refractivity contribution in [2.45, 2.75) is 38.9 Å². The Morgan fingerprint density at radius 3 is 2.67 bits per heavy atom. The van der Waals surface area contributed by atoms with Gasteiger partial charge in [0.2, 0.25) is 6.29 Å². The van der Waals surface area contributed by atoms with Crippen molar-refractivity contribution in [1.29, 1.82) is 0 Å². The zero-order chi connectivity index (χ0) is 8.65. The highest BCUT2D eigenvalue weighted by atomic mass is 16.7. The lowest BCUT2D eigenvalue weighted by Crippen LogP contribution is -2.04. The summed E-state index contributed by atoms with van der Waals surface area (Å²) in [6.07, 6.45) is 11.9. The summed E-state index contributed by atoms with van der Waals surface area (Å²) in [5, 5.41) is 0. The van der Waals surface area contributed by atoms with E-state index in [1.54, 1.807) is 12.5 Å². The SMILES string of the molecule is CCCCC=CCC1OC=CO1. The summed E-state index contributed by atoms with van der Waals surface area (Å²) in [6, 6.07) is 0. The largest absolute Gasteiger partial charge is 0.459 e. The summed E-state index contributed by atoms with van der Waals surface area (Å²) in [4.78, 5) is 0. The third-order valence-electron chi connectivity index (χ3n) is 1.74. The second-order valence-corrected chi connectivity index (χ2v) is 2.82. The summed E-state index contributed by atoms with van der Waals surface area (Å²) in [5.41, 5.74) is 0. The van der Waals surface area contributed by atoms with Gasteiger partial charge in [-0.25, -0.2) is 0 Å². The van der Waals surface area contributed by atoms with Gasteiger partial charge in [-0.15, -0.1) is 0 Å². The van der Waals surface area contributed by atoms with Crippen molar-refractivity contribution < 1.29 is 9.47 Å². The van der Waals surface area contributed by atoms with Crippen LogP contribution >= 0.6 is 0 Å². The Bertz CT molecular complexity index is 153. The molecular formula is C10H16O2. The molecule has 0 aromatic carbocycles. The van der Waals surface area contributed by atoms with E-state index in [0.29, 0.717) is 0 Å². The van der Waals surface area contributed by atoms with Gasteiger partial charge in [0, 0.05) is 6.42 Å². The molecule has 0 aromatic rings. The van der Waals surface area contributed by atoms with Crippen LogP contribution < -0.4 is 0 Å². The average Bonchev–Trinajstić information content (AvgIpc) is 2.57. The van der Waals surface area contributed by atoms with Crippen LogP contribution in [0.5, 0.6) is 0 Å². The van der Waals surface area contributed by atoms with Gasteiger partial charge in [-0.2, -0.15) is 0 Å². The van der Waals surface area contributed by atoms with E-state index in [2.05, 4.69) is 19.1 Å². The minimum absolute atomic E-state index is 0.0807. The first-order valence-corrected chi connectivity index (χ1v) is 4.54. The Kier molecular flexibility index (Phi) is 4.35. The van der Waals surface area contributed by atoms with E-state index in [1.807, 2.05) is 0 Å². The van der Waals surface area contributed by atoms with Crippen molar-refractivity contribution in [2.75, 3.05) is 0 Å². The highest BCUT2D eigenvalue weighted by Crippen LogP contribution is 2.09. The fraction of sp³-hybridized carbons (Fsp3) is 0.600. The maximum Gasteiger partial charge on any atom is 0.243 e. The van der Waals surface area contributed by atoms with Crippen molar-refractivity contribution in [2.24, 2.45) is 0 Å². The van der Waals surface area contributed by atoms with E-state index in [0.717, 1.165) is 12.8 Å². The van der Waals surface area contributed by atoms with Gasteiger partial charge in [-0.05, 0) is 6.42 Å². The first-order chi connectivity index (χ1) is 5.93. The number of ether oxygens (including phenoxy) is 2. The summed E-state index contributed by atoms with van der Waals surface area (Å²) >= 11 is 0. The molecule has 0 bridgehead atoms. The van der Waals surface area contributed by atoms with Crippen molar-refractivity contribution >= 4 is 0 Å². The number of hydrogen-bond donors (Lipinski definition) is 0. The molecule has 0 unspecified atom stereocenters. The Morgan fingerprint density at radius 1 is 1.25 bits per heavy atom. The quantitative estimate of drug-likeness (QED) is 0.464. The van der Waals surface area contributed by atoms with Gasteiger partial charge < -0.3 is 9.47 Å². The van der Waals surface area contributed by atoms with Crippen LogP contribution in [0.3, 0.4) is 0 Å². The molecule has 0 saturated heterocycles. The lowest BCUT2D eigenvalue weighted by atomic mass is 10.2. The molecule has 0 radical (unpaired) electrons. The summed E-state index contributed by atoms with van der Waals surface area (Å²) < 4.78 is 10.2. The minimum Gasteiger partial charge on any atom is -0.459 e. The van der Waals surface area contributed by atoms with Gasteiger partial charge in [-0.1, -0.05) is 31.9 Å². The molecule has 0 saturated carbocycles. The van der Waals surface area contributed by atoms with Gasteiger partial charge in [0.15, 0.2) is 0 Å². The van der Waals surface area contributed by atoms with Crippen LogP contribution in [0.1, 0.15) is 32.6 Å². The molecule has 0 amide bonds. The molecule has 1 heterocycles. The normalized spacial score (nSPS) is 16.8. The molecule has 0 fully saturated rings. The summed E-state index contributed by atoms with van der Waals surface area (Å²) in [7, 11) is 0. The van der Waals surface area contributed by atoms with Crippen molar-refractivity contribution in [3.63, 3.8) is 0 Å². The van der Waals surface area contributed by atoms with Gasteiger partial charge in [-0.3, -0.25) is 0 Å². The van der Waals surface area contributed by atoms with Crippen molar-refractivity contribution in [3.8, 4) is 0 Å². The minimum atomic E-state index is -0.0807. The Balaban J connectivity index is 1.97. The molecule has 0 aliphatic carbocycles. The van der Waals surface area contributed by atoms with Crippen LogP contribution in [0.4, 0.5) is 0 Å². The molecule has 12 heavy (non-hydrogen) atoms.